The molecule has 0 saturated heterocycles. The zero-order chi connectivity index (χ0) is 19.7. The minimum absolute atomic E-state index is 0. The number of halogens is 1. The van der Waals surface area contributed by atoms with E-state index in [1.54, 1.807) is 0 Å². The van der Waals surface area contributed by atoms with E-state index in [4.69, 9.17) is 4.74 Å². The molecule has 9 heteroatoms. The van der Waals surface area contributed by atoms with Crippen molar-refractivity contribution in [2.75, 3.05) is 32.5 Å². The van der Waals surface area contributed by atoms with Gasteiger partial charge in [0.25, 0.3) is 0 Å². The molecule has 0 heterocycles. The number of sulfonamides is 1. The molecule has 1 saturated carbocycles. The Morgan fingerprint density at radius 3 is 2.64 bits per heavy atom. The van der Waals surface area contributed by atoms with Gasteiger partial charge in [-0.1, -0.05) is 12.1 Å². The lowest BCUT2D eigenvalue weighted by Crippen LogP contribution is -2.38. The normalized spacial score (nSPS) is 14.3. The zero-order valence-electron chi connectivity index (χ0n) is 17.0. The monoisotopic (exact) mass is 524 g/mol. The fraction of sp³-hybridized carbons (Fsp3) is 0.632. The number of ether oxygens (including phenoxy) is 1. The van der Waals surface area contributed by atoms with Gasteiger partial charge in [-0.25, -0.2) is 18.1 Å². The van der Waals surface area contributed by atoms with E-state index in [9.17, 15) is 8.42 Å². The second-order valence-corrected chi connectivity index (χ2v) is 8.84. The molecule has 160 valence electrons. The molecule has 0 atom stereocenters. The lowest BCUT2D eigenvalue weighted by atomic mass is 10.1. The van der Waals surface area contributed by atoms with Crippen LogP contribution in [-0.4, -0.2) is 46.9 Å². The molecule has 0 amide bonds. The van der Waals surface area contributed by atoms with Gasteiger partial charge in [-0.2, -0.15) is 0 Å². The number of nitrogens with zero attached hydrogens (tertiary/aromatic N) is 1. The van der Waals surface area contributed by atoms with Crippen LogP contribution in [0.4, 0.5) is 0 Å². The van der Waals surface area contributed by atoms with Crippen LogP contribution in [0.25, 0.3) is 0 Å². The first-order chi connectivity index (χ1) is 12.9. The van der Waals surface area contributed by atoms with Crippen molar-refractivity contribution >= 4 is 40.0 Å². The Morgan fingerprint density at radius 1 is 1.25 bits per heavy atom. The van der Waals surface area contributed by atoms with Crippen LogP contribution >= 0.6 is 24.0 Å². The van der Waals surface area contributed by atoms with Crippen molar-refractivity contribution in [3.8, 4) is 5.75 Å². The van der Waals surface area contributed by atoms with Crippen LogP contribution in [0.5, 0.6) is 5.75 Å². The summed E-state index contributed by atoms with van der Waals surface area (Å²) in [5, 5.41) is 6.44. The molecule has 7 nitrogen and oxygen atoms in total. The van der Waals surface area contributed by atoms with E-state index in [0.717, 1.165) is 30.7 Å². The predicted octanol–water partition coefficient (Wildman–Crippen LogP) is 2.40. The van der Waals surface area contributed by atoms with Crippen LogP contribution in [-0.2, 0) is 16.6 Å². The Labute approximate surface area is 186 Å². The number of aliphatic imine (C=N–C) groups is 1. The fourth-order valence-corrected chi connectivity index (χ4v) is 2.99. The van der Waals surface area contributed by atoms with Gasteiger partial charge in [-0.15, -0.1) is 24.0 Å². The molecule has 1 aliphatic carbocycles. The van der Waals surface area contributed by atoms with E-state index in [0.29, 0.717) is 37.9 Å². The van der Waals surface area contributed by atoms with Crippen molar-refractivity contribution < 1.29 is 13.2 Å². The number of hydrogen-bond acceptors (Lipinski definition) is 4. The van der Waals surface area contributed by atoms with Crippen molar-refractivity contribution in [1.82, 2.24) is 15.4 Å². The lowest BCUT2D eigenvalue weighted by molar-refractivity contribution is 0.296. The molecule has 1 aromatic rings. The summed E-state index contributed by atoms with van der Waals surface area (Å²) < 4.78 is 30.6. The zero-order valence-corrected chi connectivity index (χ0v) is 20.1. The van der Waals surface area contributed by atoms with Crippen molar-refractivity contribution in [2.24, 2.45) is 10.9 Å². The van der Waals surface area contributed by atoms with Crippen LogP contribution in [0.2, 0.25) is 0 Å². The van der Waals surface area contributed by atoms with Gasteiger partial charge in [-0.05, 0) is 50.7 Å². The van der Waals surface area contributed by atoms with E-state index in [2.05, 4.69) is 45.5 Å². The van der Waals surface area contributed by atoms with Gasteiger partial charge >= 0.3 is 0 Å². The molecule has 2 rings (SSSR count). The van der Waals surface area contributed by atoms with Crippen LogP contribution in [0.1, 0.15) is 37.3 Å². The molecular weight excluding hydrogens is 491 g/mol. The third-order valence-corrected chi connectivity index (χ3v) is 4.88. The number of guanidine groups is 1. The molecule has 0 unspecified atom stereocenters. The molecule has 0 radical (unpaired) electrons. The van der Waals surface area contributed by atoms with Gasteiger partial charge in [0.15, 0.2) is 5.96 Å². The maximum absolute atomic E-state index is 11.1. The summed E-state index contributed by atoms with van der Waals surface area (Å²) in [7, 11) is -3.13. The smallest absolute Gasteiger partial charge is 0.208 e. The lowest BCUT2D eigenvalue weighted by Gasteiger charge is -2.13. The van der Waals surface area contributed by atoms with E-state index >= 15 is 0 Å². The Kier molecular flexibility index (Phi) is 11.1. The second kappa shape index (κ2) is 12.5. The summed E-state index contributed by atoms with van der Waals surface area (Å²) in [6.45, 7) is 7.18. The summed E-state index contributed by atoms with van der Waals surface area (Å²) in [6.07, 6.45) is 4.37. The molecule has 0 aromatic heterocycles. The number of aryl methyl sites for hydroxylation is 1. The summed E-state index contributed by atoms with van der Waals surface area (Å²) in [6, 6.07) is 6.22. The SMILES string of the molecule is CCNC(=NCc1ccc(C)cc1OCC1CC1)NCCCNS(C)(=O)=O.I. The van der Waals surface area contributed by atoms with Gasteiger partial charge in [-0.3, -0.25) is 0 Å². The largest absolute Gasteiger partial charge is 0.493 e. The minimum atomic E-state index is -3.13. The second-order valence-electron chi connectivity index (χ2n) is 7.01. The highest BCUT2D eigenvalue weighted by molar-refractivity contribution is 14.0. The van der Waals surface area contributed by atoms with E-state index < -0.39 is 10.0 Å². The van der Waals surface area contributed by atoms with Crippen LogP contribution in [0.3, 0.4) is 0 Å². The molecule has 28 heavy (non-hydrogen) atoms. The Bertz CT molecular complexity index is 737. The first-order valence-electron chi connectivity index (χ1n) is 9.56. The van der Waals surface area contributed by atoms with E-state index in [1.807, 2.05) is 6.92 Å². The maximum atomic E-state index is 11.1. The van der Waals surface area contributed by atoms with Gasteiger partial charge in [0.1, 0.15) is 5.75 Å². The Balaban J connectivity index is 0.00000392. The highest BCUT2D eigenvalue weighted by atomic mass is 127. The van der Waals surface area contributed by atoms with Crippen molar-refractivity contribution in [3.63, 3.8) is 0 Å². The number of rotatable bonds is 11. The first-order valence-corrected chi connectivity index (χ1v) is 11.5. The van der Waals surface area contributed by atoms with Crippen LogP contribution < -0.4 is 20.1 Å². The number of benzene rings is 1. The molecule has 0 bridgehead atoms. The molecule has 1 aliphatic rings. The van der Waals surface area contributed by atoms with Gasteiger partial charge in [0.2, 0.25) is 10.0 Å². The highest BCUT2D eigenvalue weighted by Crippen LogP contribution is 2.30. The summed E-state index contributed by atoms with van der Waals surface area (Å²) in [5.41, 5.74) is 2.24. The standard InChI is InChI=1S/C19H32N4O3S.HI/c1-4-20-19(21-10-5-11-23-27(3,24)25)22-13-17-9-6-15(2)12-18(17)26-14-16-7-8-16;/h6,9,12,16,23H,4-5,7-8,10-11,13-14H2,1-3H3,(H2,20,21,22);1H. The topological polar surface area (TPSA) is 91.8 Å². The number of hydrogen-bond donors (Lipinski definition) is 3. The highest BCUT2D eigenvalue weighted by Gasteiger charge is 2.22. The maximum Gasteiger partial charge on any atom is 0.208 e. The molecule has 0 aliphatic heterocycles. The van der Waals surface area contributed by atoms with Gasteiger partial charge in [0, 0.05) is 25.2 Å². The average molecular weight is 524 g/mol. The van der Waals surface area contributed by atoms with Gasteiger partial charge in [0.05, 0.1) is 19.4 Å². The van der Waals surface area contributed by atoms with Crippen LogP contribution in [0, 0.1) is 12.8 Å². The Morgan fingerprint density at radius 2 is 2.00 bits per heavy atom. The van der Waals surface area contributed by atoms with E-state index in [-0.39, 0.29) is 24.0 Å². The molecule has 1 aromatic carbocycles. The molecular formula is C19H33IN4O3S. The van der Waals surface area contributed by atoms with Crippen molar-refractivity contribution in [1.29, 1.82) is 0 Å². The van der Waals surface area contributed by atoms with Crippen LogP contribution in [0.15, 0.2) is 23.2 Å². The van der Waals surface area contributed by atoms with Gasteiger partial charge < -0.3 is 15.4 Å². The van der Waals surface area contributed by atoms with E-state index in [1.165, 1.54) is 18.4 Å². The average Bonchev–Trinajstić information content (AvgIpc) is 3.42. The fourth-order valence-electron chi connectivity index (χ4n) is 2.48. The number of nitrogens with one attached hydrogen (secondary N) is 3. The molecule has 1 fully saturated rings. The quantitative estimate of drug-likeness (QED) is 0.179. The third kappa shape index (κ3) is 10.5. The minimum Gasteiger partial charge on any atom is -0.493 e. The molecule has 0 spiro atoms. The molecule has 3 N–H and O–H groups in total. The first kappa shape index (κ1) is 25.0. The summed E-state index contributed by atoms with van der Waals surface area (Å²) in [4.78, 5) is 4.64. The van der Waals surface area contributed by atoms with Crippen molar-refractivity contribution in [3.05, 3.63) is 29.3 Å². The Hall–Kier alpha value is -1.07. The predicted molar refractivity (Wildman–Crippen MR) is 125 cm³/mol. The third-order valence-electron chi connectivity index (χ3n) is 4.16. The summed E-state index contributed by atoms with van der Waals surface area (Å²) in [5.74, 6) is 2.34. The van der Waals surface area contributed by atoms with Crippen molar-refractivity contribution in [2.45, 2.75) is 39.7 Å². The summed E-state index contributed by atoms with van der Waals surface area (Å²) >= 11 is 0.